The van der Waals surface area contributed by atoms with Crippen molar-refractivity contribution in [3.05, 3.63) is 29.6 Å². The van der Waals surface area contributed by atoms with Gasteiger partial charge in [0.1, 0.15) is 0 Å². The van der Waals surface area contributed by atoms with Crippen molar-refractivity contribution in [3.8, 4) is 5.75 Å². The van der Waals surface area contributed by atoms with Gasteiger partial charge in [0.15, 0.2) is 11.6 Å². The van der Waals surface area contributed by atoms with E-state index in [4.69, 9.17) is 10.6 Å². The quantitative estimate of drug-likeness (QED) is 0.652. The van der Waals surface area contributed by atoms with Crippen molar-refractivity contribution in [2.75, 3.05) is 12.9 Å². The van der Waals surface area contributed by atoms with Crippen LogP contribution >= 0.6 is 11.8 Å². The van der Waals surface area contributed by atoms with Crippen molar-refractivity contribution in [2.24, 2.45) is 5.84 Å². The summed E-state index contributed by atoms with van der Waals surface area (Å²) in [5.41, 5.74) is 3.71. The summed E-state index contributed by atoms with van der Waals surface area (Å²) in [5, 5.41) is 0.413. The van der Waals surface area contributed by atoms with E-state index >= 15 is 0 Å². The average molecular weight is 270 g/mol. The summed E-state index contributed by atoms with van der Waals surface area (Å²) in [7, 11) is 1.47. The zero-order valence-electron chi connectivity index (χ0n) is 10.5. The maximum Gasteiger partial charge on any atom is 0.165 e. The smallest absolute Gasteiger partial charge is 0.165 e. The summed E-state index contributed by atoms with van der Waals surface area (Å²) < 4.78 is 18.6. The fraction of sp³-hybridized carbons (Fsp3) is 0.538. The van der Waals surface area contributed by atoms with Gasteiger partial charge in [0.2, 0.25) is 0 Å². The molecule has 0 saturated carbocycles. The number of thioether (sulfide) groups is 1. The van der Waals surface area contributed by atoms with E-state index in [0.29, 0.717) is 5.25 Å². The van der Waals surface area contributed by atoms with Crippen LogP contribution in [0.4, 0.5) is 4.39 Å². The Balaban J connectivity index is 2.18. The van der Waals surface area contributed by atoms with E-state index in [1.165, 1.54) is 26.0 Å². The fourth-order valence-corrected chi connectivity index (χ4v) is 3.76. The van der Waals surface area contributed by atoms with Crippen molar-refractivity contribution in [1.82, 2.24) is 5.43 Å². The first kappa shape index (κ1) is 13.6. The molecule has 0 amide bonds. The first-order valence-electron chi connectivity index (χ1n) is 6.17. The molecule has 1 aromatic rings. The van der Waals surface area contributed by atoms with Gasteiger partial charge in [-0.25, -0.2) is 4.39 Å². The molecule has 18 heavy (non-hydrogen) atoms. The lowest BCUT2D eigenvalue weighted by Crippen LogP contribution is -2.36. The predicted molar refractivity (Wildman–Crippen MR) is 73.1 cm³/mol. The van der Waals surface area contributed by atoms with E-state index in [9.17, 15) is 4.39 Å². The van der Waals surface area contributed by atoms with Crippen LogP contribution in [0.2, 0.25) is 0 Å². The van der Waals surface area contributed by atoms with Crippen molar-refractivity contribution in [2.45, 2.75) is 30.6 Å². The number of rotatable bonds is 4. The van der Waals surface area contributed by atoms with Crippen molar-refractivity contribution in [3.63, 3.8) is 0 Å². The average Bonchev–Trinajstić information content (AvgIpc) is 2.41. The van der Waals surface area contributed by atoms with Crippen LogP contribution in [-0.4, -0.2) is 18.1 Å². The van der Waals surface area contributed by atoms with Crippen LogP contribution in [0, 0.1) is 5.82 Å². The Labute approximate surface area is 111 Å². The second-order valence-electron chi connectivity index (χ2n) is 4.44. The van der Waals surface area contributed by atoms with Crippen LogP contribution < -0.4 is 16.0 Å². The van der Waals surface area contributed by atoms with Gasteiger partial charge in [0.05, 0.1) is 13.2 Å². The van der Waals surface area contributed by atoms with Crippen LogP contribution in [0.3, 0.4) is 0 Å². The van der Waals surface area contributed by atoms with Gasteiger partial charge in [0.25, 0.3) is 0 Å². The van der Waals surface area contributed by atoms with Gasteiger partial charge in [-0.15, -0.1) is 0 Å². The van der Waals surface area contributed by atoms with Gasteiger partial charge >= 0.3 is 0 Å². The lowest BCUT2D eigenvalue weighted by molar-refractivity contribution is 0.385. The van der Waals surface area contributed by atoms with Gasteiger partial charge in [-0.2, -0.15) is 11.8 Å². The molecule has 3 N–H and O–H groups in total. The molecule has 1 aliphatic heterocycles. The number of ether oxygens (including phenoxy) is 1. The first-order valence-corrected chi connectivity index (χ1v) is 7.22. The molecule has 1 saturated heterocycles. The SMILES string of the molecule is COc1ccc(C(NN)C2CCCCS2)cc1F. The van der Waals surface area contributed by atoms with Crippen LogP contribution in [0.25, 0.3) is 0 Å². The molecule has 1 aromatic carbocycles. The fourth-order valence-electron chi connectivity index (χ4n) is 2.32. The molecule has 2 unspecified atom stereocenters. The summed E-state index contributed by atoms with van der Waals surface area (Å²) in [6.45, 7) is 0. The minimum atomic E-state index is -0.337. The van der Waals surface area contributed by atoms with Gasteiger partial charge in [-0.1, -0.05) is 12.5 Å². The van der Waals surface area contributed by atoms with Crippen LogP contribution in [0.5, 0.6) is 5.75 Å². The molecule has 3 nitrogen and oxygen atoms in total. The van der Waals surface area contributed by atoms with E-state index in [2.05, 4.69) is 5.43 Å². The van der Waals surface area contributed by atoms with E-state index in [1.807, 2.05) is 17.8 Å². The highest BCUT2D eigenvalue weighted by molar-refractivity contribution is 8.00. The minimum Gasteiger partial charge on any atom is -0.494 e. The van der Waals surface area contributed by atoms with Crippen LogP contribution in [0.1, 0.15) is 30.9 Å². The van der Waals surface area contributed by atoms with E-state index in [-0.39, 0.29) is 17.6 Å². The zero-order chi connectivity index (χ0) is 13.0. The highest BCUT2D eigenvalue weighted by Gasteiger charge is 2.25. The Morgan fingerprint density at radius 2 is 2.33 bits per heavy atom. The number of benzene rings is 1. The lowest BCUT2D eigenvalue weighted by Gasteiger charge is -2.29. The molecule has 0 aromatic heterocycles. The summed E-state index contributed by atoms with van der Waals surface area (Å²) >= 11 is 1.91. The lowest BCUT2D eigenvalue weighted by atomic mass is 10.00. The van der Waals surface area contributed by atoms with Gasteiger partial charge in [-0.05, 0) is 36.3 Å². The Morgan fingerprint density at radius 3 is 2.89 bits per heavy atom. The normalized spacial score (nSPS) is 21.6. The highest BCUT2D eigenvalue weighted by atomic mass is 32.2. The highest BCUT2D eigenvalue weighted by Crippen LogP contribution is 2.35. The van der Waals surface area contributed by atoms with Gasteiger partial charge in [0, 0.05) is 5.25 Å². The summed E-state index contributed by atoms with van der Waals surface area (Å²) in [4.78, 5) is 0. The molecule has 2 rings (SSSR count). The molecule has 0 bridgehead atoms. The van der Waals surface area contributed by atoms with E-state index in [0.717, 1.165) is 17.7 Å². The maximum absolute atomic E-state index is 13.7. The Kier molecular flexibility index (Phi) is 4.86. The largest absolute Gasteiger partial charge is 0.494 e. The molecule has 1 heterocycles. The number of halogens is 1. The number of hydrazine groups is 1. The minimum absolute atomic E-state index is 0.00398. The number of nitrogens with one attached hydrogen (secondary N) is 1. The number of nitrogens with two attached hydrogens (primary N) is 1. The van der Waals surface area contributed by atoms with Crippen molar-refractivity contribution < 1.29 is 9.13 Å². The molecular formula is C13H19FN2OS. The third kappa shape index (κ3) is 2.96. The van der Waals surface area contributed by atoms with E-state index in [1.54, 1.807) is 6.07 Å². The molecule has 0 aliphatic carbocycles. The van der Waals surface area contributed by atoms with Gasteiger partial charge in [-0.3, -0.25) is 11.3 Å². The number of methoxy groups -OCH3 is 1. The topological polar surface area (TPSA) is 47.3 Å². The summed E-state index contributed by atoms with van der Waals surface area (Å²) in [6.07, 6.45) is 3.59. The molecule has 100 valence electrons. The summed E-state index contributed by atoms with van der Waals surface area (Å²) in [5.74, 6) is 6.73. The molecule has 1 fully saturated rings. The molecule has 0 spiro atoms. The van der Waals surface area contributed by atoms with Crippen LogP contribution in [-0.2, 0) is 0 Å². The second-order valence-corrected chi connectivity index (χ2v) is 5.79. The maximum atomic E-state index is 13.7. The second kappa shape index (κ2) is 6.41. The molecule has 1 aliphatic rings. The standard InChI is InChI=1S/C13H19FN2OS/c1-17-11-6-5-9(8-10(11)14)13(16-15)12-4-2-3-7-18-12/h5-6,8,12-13,16H,2-4,7,15H2,1H3. The van der Waals surface area contributed by atoms with Crippen molar-refractivity contribution in [1.29, 1.82) is 0 Å². The predicted octanol–water partition coefficient (Wildman–Crippen LogP) is 2.62. The van der Waals surface area contributed by atoms with E-state index < -0.39 is 0 Å². The molecular weight excluding hydrogens is 251 g/mol. The molecule has 5 heteroatoms. The Morgan fingerprint density at radius 1 is 1.50 bits per heavy atom. The van der Waals surface area contributed by atoms with Crippen molar-refractivity contribution >= 4 is 11.8 Å². The number of hydrogen-bond acceptors (Lipinski definition) is 4. The number of hydrogen-bond donors (Lipinski definition) is 2. The Hall–Kier alpha value is -0.780. The molecule has 2 atom stereocenters. The Bertz CT molecular complexity index is 397. The zero-order valence-corrected chi connectivity index (χ0v) is 11.3. The third-order valence-corrected chi connectivity index (χ3v) is 4.76. The van der Waals surface area contributed by atoms with Gasteiger partial charge < -0.3 is 4.74 Å². The third-order valence-electron chi connectivity index (χ3n) is 3.30. The first-order chi connectivity index (χ1) is 8.76. The molecule has 0 radical (unpaired) electrons. The monoisotopic (exact) mass is 270 g/mol. The van der Waals surface area contributed by atoms with Crippen LogP contribution in [0.15, 0.2) is 18.2 Å². The summed E-state index contributed by atoms with van der Waals surface area (Å²) in [6, 6.07) is 5.04.